The Bertz CT molecular complexity index is 770. The zero-order valence-corrected chi connectivity index (χ0v) is 11.5. The van der Waals surface area contributed by atoms with Crippen LogP contribution in [0.15, 0.2) is 36.7 Å². The van der Waals surface area contributed by atoms with Gasteiger partial charge in [0.25, 0.3) is 0 Å². The standard InChI is InChI=1S/C14H12ClN3O2/c1-20-12-4-2-3-11(13(12)15)18-7-10-5-9(8-19)6-16-14(10)17-18/h2-7,19H,8H2,1H3. The van der Waals surface area contributed by atoms with E-state index in [0.29, 0.717) is 16.4 Å². The van der Waals surface area contributed by atoms with Crippen LogP contribution < -0.4 is 4.74 Å². The molecule has 5 nitrogen and oxygen atoms in total. The van der Waals surface area contributed by atoms with Crippen molar-refractivity contribution in [3.8, 4) is 11.4 Å². The average molecular weight is 290 g/mol. The average Bonchev–Trinajstić information content (AvgIpc) is 2.89. The molecule has 0 saturated heterocycles. The molecule has 0 aliphatic carbocycles. The maximum Gasteiger partial charge on any atom is 0.181 e. The van der Waals surface area contributed by atoms with E-state index < -0.39 is 0 Å². The first-order valence-electron chi connectivity index (χ1n) is 6.01. The minimum Gasteiger partial charge on any atom is -0.495 e. The van der Waals surface area contributed by atoms with Gasteiger partial charge in [0.2, 0.25) is 0 Å². The Labute approximate surface area is 120 Å². The lowest BCUT2D eigenvalue weighted by Gasteiger charge is -2.07. The van der Waals surface area contributed by atoms with Crippen LogP contribution >= 0.6 is 11.6 Å². The highest BCUT2D eigenvalue weighted by molar-refractivity contribution is 6.33. The summed E-state index contributed by atoms with van der Waals surface area (Å²) in [5.41, 5.74) is 2.06. The van der Waals surface area contributed by atoms with Gasteiger partial charge in [-0.15, -0.1) is 5.10 Å². The number of methoxy groups -OCH3 is 1. The number of hydrogen-bond acceptors (Lipinski definition) is 4. The summed E-state index contributed by atoms with van der Waals surface area (Å²) in [6.07, 6.45) is 3.43. The molecule has 0 aliphatic rings. The number of aliphatic hydroxyl groups is 1. The predicted octanol–water partition coefficient (Wildman–Crippen LogP) is 2.57. The summed E-state index contributed by atoms with van der Waals surface area (Å²) in [6.45, 7) is -0.0476. The van der Waals surface area contributed by atoms with Gasteiger partial charge in [-0.1, -0.05) is 17.7 Å². The van der Waals surface area contributed by atoms with Crippen molar-refractivity contribution in [3.05, 3.63) is 47.2 Å². The molecule has 0 saturated carbocycles. The van der Waals surface area contributed by atoms with Gasteiger partial charge >= 0.3 is 0 Å². The number of aliphatic hydroxyl groups excluding tert-OH is 1. The van der Waals surface area contributed by atoms with Gasteiger partial charge in [0.05, 0.1) is 19.4 Å². The number of fused-ring (bicyclic) bond motifs is 1. The largest absolute Gasteiger partial charge is 0.495 e. The Hall–Kier alpha value is -2.11. The summed E-state index contributed by atoms with van der Waals surface area (Å²) in [6, 6.07) is 7.33. The summed E-state index contributed by atoms with van der Waals surface area (Å²) in [5.74, 6) is 0.590. The van der Waals surface area contributed by atoms with Crippen LogP contribution in [0.5, 0.6) is 5.75 Å². The Kier molecular flexibility index (Phi) is 3.30. The molecule has 1 aromatic carbocycles. The third-order valence-corrected chi connectivity index (χ3v) is 3.39. The highest BCUT2D eigenvalue weighted by Gasteiger charge is 2.11. The molecular weight excluding hydrogens is 278 g/mol. The van der Waals surface area contributed by atoms with Crippen LogP contribution in [0.4, 0.5) is 0 Å². The summed E-state index contributed by atoms with van der Waals surface area (Å²) in [4.78, 5) is 4.20. The van der Waals surface area contributed by atoms with Crippen LogP contribution in [0.3, 0.4) is 0 Å². The number of nitrogens with zero attached hydrogens (tertiary/aromatic N) is 3. The summed E-state index contributed by atoms with van der Waals surface area (Å²) >= 11 is 6.28. The van der Waals surface area contributed by atoms with E-state index in [4.69, 9.17) is 21.4 Å². The number of pyridine rings is 1. The third-order valence-electron chi connectivity index (χ3n) is 3.01. The number of halogens is 1. The van der Waals surface area contributed by atoms with Crippen LogP contribution in [0.1, 0.15) is 5.56 Å². The molecule has 0 aliphatic heterocycles. The van der Waals surface area contributed by atoms with Crippen molar-refractivity contribution >= 4 is 22.6 Å². The molecule has 3 rings (SSSR count). The molecule has 1 N–H and O–H groups in total. The van der Waals surface area contributed by atoms with E-state index in [1.807, 2.05) is 24.4 Å². The second-order valence-electron chi connectivity index (χ2n) is 4.28. The second-order valence-corrected chi connectivity index (χ2v) is 4.66. The Balaban J connectivity index is 2.15. The van der Waals surface area contributed by atoms with Crippen molar-refractivity contribution in [1.29, 1.82) is 0 Å². The van der Waals surface area contributed by atoms with Gasteiger partial charge in [-0.05, 0) is 23.8 Å². The molecule has 2 aromatic heterocycles. The first-order chi connectivity index (χ1) is 9.72. The van der Waals surface area contributed by atoms with Gasteiger partial charge < -0.3 is 9.84 Å². The number of aromatic nitrogens is 3. The number of benzene rings is 1. The smallest absolute Gasteiger partial charge is 0.181 e. The van der Waals surface area contributed by atoms with Crippen LogP contribution in [-0.4, -0.2) is 27.0 Å². The van der Waals surface area contributed by atoms with Gasteiger partial charge in [-0.2, -0.15) is 0 Å². The van der Waals surface area contributed by atoms with Crippen molar-refractivity contribution < 1.29 is 9.84 Å². The normalized spacial score (nSPS) is 10.9. The second kappa shape index (κ2) is 5.11. The van der Waals surface area contributed by atoms with Gasteiger partial charge in [-0.3, -0.25) is 0 Å². The summed E-state index contributed by atoms with van der Waals surface area (Å²) in [5, 5.41) is 14.8. The van der Waals surface area contributed by atoms with Crippen LogP contribution in [0.25, 0.3) is 16.7 Å². The van der Waals surface area contributed by atoms with Crippen molar-refractivity contribution in [2.24, 2.45) is 0 Å². The summed E-state index contributed by atoms with van der Waals surface area (Å²) in [7, 11) is 1.57. The fourth-order valence-electron chi connectivity index (χ4n) is 2.01. The van der Waals surface area contributed by atoms with E-state index in [9.17, 15) is 0 Å². The van der Waals surface area contributed by atoms with Gasteiger partial charge in [0.15, 0.2) is 5.65 Å². The first kappa shape index (κ1) is 12.9. The van der Waals surface area contributed by atoms with Gasteiger partial charge in [0, 0.05) is 17.8 Å². The van der Waals surface area contributed by atoms with E-state index in [-0.39, 0.29) is 6.61 Å². The number of ether oxygens (including phenoxy) is 1. The molecule has 0 bridgehead atoms. The minimum absolute atomic E-state index is 0.0476. The molecule has 0 radical (unpaired) electrons. The molecule has 2 heterocycles. The fourth-order valence-corrected chi connectivity index (χ4v) is 2.29. The van der Waals surface area contributed by atoms with Gasteiger partial charge in [0.1, 0.15) is 10.8 Å². The van der Waals surface area contributed by atoms with Crippen molar-refractivity contribution in [1.82, 2.24) is 14.8 Å². The highest BCUT2D eigenvalue weighted by atomic mass is 35.5. The number of hydrogen-bond donors (Lipinski definition) is 1. The predicted molar refractivity (Wildman–Crippen MR) is 76.3 cm³/mol. The molecule has 20 heavy (non-hydrogen) atoms. The zero-order chi connectivity index (χ0) is 14.1. The first-order valence-corrected chi connectivity index (χ1v) is 6.39. The minimum atomic E-state index is -0.0476. The Morgan fingerprint density at radius 3 is 3.00 bits per heavy atom. The third kappa shape index (κ3) is 2.11. The van der Waals surface area contributed by atoms with Gasteiger partial charge in [-0.25, -0.2) is 9.67 Å². The molecule has 6 heteroatoms. The molecule has 0 spiro atoms. The highest BCUT2D eigenvalue weighted by Crippen LogP contribution is 2.30. The van der Waals surface area contributed by atoms with E-state index in [1.165, 1.54) is 0 Å². The monoisotopic (exact) mass is 289 g/mol. The van der Waals surface area contributed by atoms with Crippen LogP contribution in [0, 0.1) is 0 Å². The summed E-state index contributed by atoms with van der Waals surface area (Å²) < 4.78 is 6.85. The van der Waals surface area contributed by atoms with Crippen molar-refractivity contribution in [3.63, 3.8) is 0 Å². The van der Waals surface area contributed by atoms with Crippen LogP contribution in [0.2, 0.25) is 5.02 Å². The maximum atomic E-state index is 9.13. The topological polar surface area (TPSA) is 60.2 Å². The SMILES string of the molecule is COc1cccc(-n2cc3cc(CO)cnc3n2)c1Cl. The van der Waals surface area contributed by atoms with Crippen LogP contribution in [-0.2, 0) is 6.61 Å². The lowest BCUT2D eigenvalue weighted by Crippen LogP contribution is -1.97. The van der Waals surface area contributed by atoms with E-state index >= 15 is 0 Å². The molecule has 0 fully saturated rings. The molecule has 0 amide bonds. The quantitative estimate of drug-likeness (QED) is 0.805. The number of rotatable bonds is 3. The van der Waals surface area contributed by atoms with Crippen molar-refractivity contribution in [2.75, 3.05) is 7.11 Å². The van der Waals surface area contributed by atoms with E-state index in [2.05, 4.69) is 10.1 Å². The lowest BCUT2D eigenvalue weighted by atomic mass is 10.2. The fraction of sp³-hybridized carbons (Fsp3) is 0.143. The maximum absolute atomic E-state index is 9.13. The lowest BCUT2D eigenvalue weighted by molar-refractivity contribution is 0.281. The molecule has 0 atom stereocenters. The Morgan fingerprint density at radius 2 is 2.25 bits per heavy atom. The molecule has 0 unspecified atom stereocenters. The van der Waals surface area contributed by atoms with Crippen molar-refractivity contribution in [2.45, 2.75) is 6.61 Å². The molecular formula is C14H12ClN3O2. The molecule has 102 valence electrons. The Morgan fingerprint density at radius 1 is 1.40 bits per heavy atom. The molecule has 3 aromatic rings. The zero-order valence-electron chi connectivity index (χ0n) is 10.7. The van der Waals surface area contributed by atoms with E-state index in [1.54, 1.807) is 24.1 Å². The van der Waals surface area contributed by atoms with E-state index in [0.717, 1.165) is 16.6 Å².